The van der Waals surface area contributed by atoms with Crippen LogP contribution in [0.15, 0.2) is 54.6 Å². The summed E-state index contributed by atoms with van der Waals surface area (Å²) in [7, 11) is 1.69. The number of nitrogens with one attached hydrogen (secondary N) is 1. The lowest BCUT2D eigenvalue weighted by atomic mass is 9.90. The molecule has 0 spiro atoms. The van der Waals surface area contributed by atoms with E-state index in [2.05, 4.69) is 5.32 Å². The van der Waals surface area contributed by atoms with Crippen LogP contribution in [0.3, 0.4) is 0 Å². The number of hydrogen-bond donors (Lipinski definition) is 1. The van der Waals surface area contributed by atoms with Gasteiger partial charge >= 0.3 is 0 Å². The lowest BCUT2D eigenvalue weighted by Crippen LogP contribution is -2.48. The van der Waals surface area contributed by atoms with Gasteiger partial charge in [0.15, 0.2) is 0 Å². The fourth-order valence-electron chi connectivity index (χ4n) is 2.39. The molecule has 0 aliphatic carbocycles. The van der Waals surface area contributed by atoms with Gasteiger partial charge < -0.3 is 10.2 Å². The number of anilines is 1. The Bertz CT molecular complexity index is 706. The van der Waals surface area contributed by atoms with Gasteiger partial charge in [0.1, 0.15) is 5.41 Å². The van der Waals surface area contributed by atoms with Crippen LogP contribution in [0.5, 0.6) is 0 Å². The molecule has 2 aromatic carbocycles. The first kappa shape index (κ1) is 17.7. The number of amides is 2. The fraction of sp³-hybridized carbons (Fsp3) is 0.300. The van der Waals surface area contributed by atoms with Gasteiger partial charge in [-0.05, 0) is 38.5 Å². The number of carbonyl (C=O) groups is 2. The van der Waals surface area contributed by atoms with E-state index < -0.39 is 5.41 Å². The minimum absolute atomic E-state index is 0.241. The molecule has 0 unspecified atom stereocenters. The number of carbonyl (C=O) groups excluding carboxylic acids is 2. The fourth-order valence-corrected chi connectivity index (χ4v) is 2.39. The normalized spacial score (nSPS) is 11.0. The number of rotatable bonds is 5. The molecule has 0 fully saturated rings. The molecule has 1 N–H and O–H groups in total. The zero-order valence-electron chi connectivity index (χ0n) is 14.7. The molecule has 24 heavy (non-hydrogen) atoms. The maximum absolute atomic E-state index is 12.7. The van der Waals surface area contributed by atoms with E-state index in [0.29, 0.717) is 6.54 Å². The van der Waals surface area contributed by atoms with Gasteiger partial charge in [-0.15, -0.1) is 0 Å². The van der Waals surface area contributed by atoms with E-state index in [1.807, 2.05) is 61.5 Å². The van der Waals surface area contributed by atoms with Crippen molar-refractivity contribution in [3.05, 3.63) is 65.7 Å². The minimum Gasteiger partial charge on any atom is -0.351 e. The van der Waals surface area contributed by atoms with Crippen LogP contribution in [0.4, 0.5) is 5.69 Å². The second-order valence-corrected chi connectivity index (χ2v) is 6.49. The summed E-state index contributed by atoms with van der Waals surface area (Å²) in [4.78, 5) is 26.8. The number of benzene rings is 2. The maximum Gasteiger partial charge on any atom is 0.241 e. The number of aryl methyl sites for hydroxylation is 1. The molecule has 0 saturated heterocycles. The van der Waals surface area contributed by atoms with E-state index in [-0.39, 0.29) is 11.8 Å². The van der Waals surface area contributed by atoms with Crippen molar-refractivity contribution in [3.8, 4) is 0 Å². The molecule has 0 aromatic heterocycles. The van der Waals surface area contributed by atoms with Crippen LogP contribution in [0.25, 0.3) is 0 Å². The van der Waals surface area contributed by atoms with Gasteiger partial charge in [0.2, 0.25) is 11.8 Å². The largest absolute Gasteiger partial charge is 0.351 e. The Hall–Kier alpha value is -2.62. The molecule has 126 valence electrons. The first-order valence-corrected chi connectivity index (χ1v) is 7.99. The summed E-state index contributed by atoms with van der Waals surface area (Å²) in [5, 5.41) is 2.86. The van der Waals surface area contributed by atoms with Crippen LogP contribution in [-0.2, 0) is 16.1 Å². The highest BCUT2D eigenvalue weighted by molar-refractivity contribution is 6.10. The summed E-state index contributed by atoms with van der Waals surface area (Å²) in [6.07, 6.45) is 0. The topological polar surface area (TPSA) is 49.4 Å². The van der Waals surface area contributed by atoms with E-state index in [4.69, 9.17) is 0 Å². The standard InChI is InChI=1S/C20H24N2O2/c1-15-10-12-16(13-11-15)14-21-18(23)20(2,3)19(24)22(4)17-8-6-5-7-9-17/h5-13H,14H2,1-4H3,(H,21,23). The van der Waals surface area contributed by atoms with E-state index >= 15 is 0 Å². The molecule has 0 aliphatic rings. The molecule has 0 heterocycles. The van der Waals surface area contributed by atoms with Crippen LogP contribution in [0.1, 0.15) is 25.0 Å². The summed E-state index contributed by atoms with van der Waals surface area (Å²) < 4.78 is 0. The van der Waals surface area contributed by atoms with Crippen LogP contribution in [0.2, 0.25) is 0 Å². The van der Waals surface area contributed by atoms with E-state index in [1.54, 1.807) is 20.9 Å². The van der Waals surface area contributed by atoms with Crippen LogP contribution >= 0.6 is 0 Å². The Labute approximate surface area is 143 Å². The number of para-hydroxylation sites is 1. The van der Waals surface area contributed by atoms with Gasteiger partial charge in [-0.1, -0.05) is 48.0 Å². The predicted molar refractivity (Wildman–Crippen MR) is 96.7 cm³/mol. The van der Waals surface area contributed by atoms with Crippen LogP contribution in [-0.4, -0.2) is 18.9 Å². The molecule has 2 aromatic rings. The van der Waals surface area contributed by atoms with Crippen molar-refractivity contribution < 1.29 is 9.59 Å². The second kappa shape index (κ2) is 7.30. The molecule has 4 heteroatoms. The third kappa shape index (κ3) is 4.02. The average Bonchev–Trinajstić information content (AvgIpc) is 2.60. The molecule has 2 amide bonds. The number of nitrogens with zero attached hydrogens (tertiary/aromatic N) is 1. The summed E-state index contributed by atoms with van der Waals surface area (Å²) in [6, 6.07) is 17.3. The van der Waals surface area contributed by atoms with Gasteiger partial charge in [0.05, 0.1) is 0 Å². The van der Waals surface area contributed by atoms with Crippen LogP contribution in [0, 0.1) is 12.3 Å². The molecule has 2 rings (SSSR count). The van der Waals surface area contributed by atoms with Crippen molar-refractivity contribution in [1.82, 2.24) is 5.32 Å². The monoisotopic (exact) mass is 324 g/mol. The van der Waals surface area contributed by atoms with Crippen molar-refractivity contribution in [2.24, 2.45) is 5.41 Å². The third-order valence-corrected chi connectivity index (χ3v) is 4.12. The van der Waals surface area contributed by atoms with Crippen molar-refractivity contribution in [3.63, 3.8) is 0 Å². The summed E-state index contributed by atoms with van der Waals surface area (Å²) in [5.74, 6) is -0.522. The molecular formula is C20H24N2O2. The Morgan fingerprint density at radius 3 is 2.17 bits per heavy atom. The second-order valence-electron chi connectivity index (χ2n) is 6.49. The van der Waals surface area contributed by atoms with Crippen molar-refractivity contribution in [2.75, 3.05) is 11.9 Å². The van der Waals surface area contributed by atoms with Crippen molar-refractivity contribution in [2.45, 2.75) is 27.3 Å². The van der Waals surface area contributed by atoms with Gasteiger partial charge in [-0.2, -0.15) is 0 Å². The number of hydrogen-bond acceptors (Lipinski definition) is 2. The average molecular weight is 324 g/mol. The van der Waals surface area contributed by atoms with Crippen molar-refractivity contribution in [1.29, 1.82) is 0 Å². The summed E-state index contributed by atoms with van der Waals surface area (Å²) >= 11 is 0. The summed E-state index contributed by atoms with van der Waals surface area (Å²) in [6.45, 7) is 5.73. The SMILES string of the molecule is Cc1ccc(CNC(=O)C(C)(C)C(=O)N(C)c2ccccc2)cc1. The molecule has 0 saturated carbocycles. The van der Waals surface area contributed by atoms with Crippen molar-refractivity contribution >= 4 is 17.5 Å². The highest BCUT2D eigenvalue weighted by atomic mass is 16.2. The van der Waals surface area contributed by atoms with Gasteiger partial charge in [-0.25, -0.2) is 0 Å². The van der Waals surface area contributed by atoms with Gasteiger partial charge in [-0.3, -0.25) is 9.59 Å². The molecule has 0 radical (unpaired) electrons. The predicted octanol–water partition coefficient (Wildman–Crippen LogP) is 3.30. The Morgan fingerprint density at radius 2 is 1.58 bits per heavy atom. The molecule has 0 atom stereocenters. The summed E-state index contributed by atoms with van der Waals surface area (Å²) in [5.41, 5.74) is 1.80. The lowest BCUT2D eigenvalue weighted by molar-refractivity contribution is -0.139. The molecule has 0 bridgehead atoms. The van der Waals surface area contributed by atoms with Crippen LogP contribution < -0.4 is 10.2 Å². The molecular weight excluding hydrogens is 300 g/mol. The Balaban J connectivity index is 2.03. The van der Waals surface area contributed by atoms with E-state index in [9.17, 15) is 9.59 Å². The first-order chi connectivity index (χ1) is 11.3. The Kier molecular flexibility index (Phi) is 5.39. The lowest BCUT2D eigenvalue weighted by Gasteiger charge is -2.28. The smallest absolute Gasteiger partial charge is 0.241 e. The minimum atomic E-state index is -1.14. The van der Waals surface area contributed by atoms with Gasteiger partial charge in [0, 0.05) is 19.3 Å². The molecule has 0 aliphatic heterocycles. The first-order valence-electron chi connectivity index (χ1n) is 7.99. The zero-order chi connectivity index (χ0) is 17.7. The highest BCUT2D eigenvalue weighted by Gasteiger charge is 2.38. The molecule has 4 nitrogen and oxygen atoms in total. The highest BCUT2D eigenvalue weighted by Crippen LogP contribution is 2.23. The maximum atomic E-state index is 12.7. The third-order valence-electron chi connectivity index (χ3n) is 4.12. The van der Waals surface area contributed by atoms with E-state index in [0.717, 1.165) is 11.3 Å². The zero-order valence-corrected chi connectivity index (χ0v) is 14.7. The van der Waals surface area contributed by atoms with Gasteiger partial charge in [0.25, 0.3) is 0 Å². The quantitative estimate of drug-likeness (QED) is 0.858. The Morgan fingerprint density at radius 1 is 1.00 bits per heavy atom. The van der Waals surface area contributed by atoms with E-state index in [1.165, 1.54) is 10.5 Å².